The van der Waals surface area contributed by atoms with Gasteiger partial charge in [-0.3, -0.25) is 14.6 Å². The fraction of sp³-hybridized carbons (Fsp3) is 0.429. The molecule has 0 aliphatic heterocycles. The molecule has 0 spiro atoms. The summed E-state index contributed by atoms with van der Waals surface area (Å²) in [7, 11) is -2.50. The second-order valence-electron chi connectivity index (χ2n) is 7.69. The van der Waals surface area contributed by atoms with Crippen LogP contribution in [0.5, 0.6) is 5.75 Å². The maximum Gasteiger partial charge on any atom is 0.262 e. The van der Waals surface area contributed by atoms with Crippen molar-refractivity contribution in [3.05, 3.63) is 54.4 Å². The van der Waals surface area contributed by atoms with Crippen LogP contribution in [0.1, 0.15) is 39.7 Å². The Morgan fingerprint density at radius 2 is 1.87 bits per heavy atom. The van der Waals surface area contributed by atoms with Gasteiger partial charge < -0.3 is 4.74 Å². The summed E-state index contributed by atoms with van der Waals surface area (Å²) in [5.74, 6) is 0.00419. The van der Waals surface area contributed by atoms with Gasteiger partial charge in [-0.15, -0.1) is 0 Å². The van der Waals surface area contributed by atoms with Crippen LogP contribution < -0.4 is 10.2 Å². The maximum atomic E-state index is 13.5. The maximum absolute atomic E-state index is 13.5. The third kappa shape index (κ3) is 6.25. The molecule has 1 N–H and O–H groups in total. The van der Waals surface area contributed by atoms with Gasteiger partial charge in [-0.1, -0.05) is 13.0 Å². The molecule has 1 atom stereocenters. The van der Waals surface area contributed by atoms with Gasteiger partial charge in [-0.2, -0.15) is 4.31 Å². The Balaban J connectivity index is 2.42. The number of hydroxylamine groups is 1. The molecule has 0 saturated heterocycles. The first-order valence-electron chi connectivity index (χ1n) is 9.61. The SMILES string of the molecule is CC[C@H](C(=O)NOC(C)(C)C)N(Cc1cccnc1)S(=O)(=O)c1ccc(OC)cc1. The van der Waals surface area contributed by atoms with Gasteiger partial charge in [-0.05, 0) is 63.1 Å². The molecule has 0 unspecified atom stereocenters. The molecule has 0 radical (unpaired) electrons. The summed E-state index contributed by atoms with van der Waals surface area (Å²) < 4.78 is 33.3. The van der Waals surface area contributed by atoms with Crippen molar-refractivity contribution in [2.75, 3.05) is 7.11 Å². The van der Waals surface area contributed by atoms with E-state index in [1.54, 1.807) is 64.4 Å². The Bertz CT molecular complexity index is 925. The van der Waals surface area contributed by atoms with Crippen molar-refractivity contribution in [3.63, 3.8) is 0 Å². The molecule has 0 aliphatic carbocycles. The number of hydrogen-bond donors (Lipinski definition) is 1. The third-order valence-corrected chi connectivity index (χ3v) is 6.09. The highest BCUT2D eigenvalue weighted by molar-refractivity contribution is 7.89. The van der Waals surface area contributed by atoms with Gasteiger partial charge in [0.2, 0.25) is 10.0 Å². The average molecular weight is 436 g/mol. The second-order valence-corrected chi connectivity index (χ2v) is 9.58. The van der Waals surface area contributed by atoms with Gasteiger partial charge in [0.25, 0.3) is 5.91 Å². The number of amides is 1. The lowest BCUT2D eigenvalue weighted by atomic mass is 10.2. The van der Waals surface area contributed by atoms with Crippen molar-refractivity contribution < 1.29 is 22.8 Å². The van der Waals surface area contributed by atoms with E-state index >= 15 is 0 Å². The molecule has 1 amide bonds. The van der Waals surface area contributed by atoms with Gasteiger partial charge in [0, 0.05) is 18.9 Å². The molecule has 30 heavy (non-hydrogen) atoms. The van der Waals surface area contributed by atoms with E-state index in [1.165, 1.54) is 23.5 Å². The van der Waals surface area contributed by atoms with Crippen LogP contribution in [0.4, 0.5) is 0 Å². The number of carbonyl (C=O) groups is 1. The van der Waals surface area contributed by atoms with E-state index in [-0.39, 0.29) is 17.9 Å². The zero-order valence-electron chi connectivity index (χ0n) is 18.0. The number of carbonyl (C=O) groups excluding carboxylic acids is 1. The number of sulfonamides is 1. The number of rotatable bonds is 9. The lowest BCUT2D eigenvalue weighted by Crippen LogP contribution is -2.50. The Morgan fingerprint density at radius 3 is 2.37 bits per heavy atom. The predicted molar refractivity (Wildman–Crippen MR) is 113 cm³/mol. The molecule has 0 bridgehead atoms. The Morgan fingerprint density at radius 1 is 1.20 bits per heavy atom. The summed E-state index contributed by atoms with van der Waals surface area (Å²) in [5, 5.41) is 0. The number of nitrogens with one attached hydrogen (secondary N) is 1. The topological polar surface area (TPSA) is 97.8 Å². The summed E-state index contributed by atoms with van der Waals surface area (Å²) >= 11 is 0. The molecule has 2 aromatic rings. The van der Waals surface area contributed by atoms with Gasteiger partial charge in [0.05, 0.1) is 17.6 Å². The van der Waals surface area contributed by atoms with Crippen LogP contribution in [0, 0.1) is 0 Å². The van der Waals surface area contributed by atoms with Crippen molar-refractivity contribution in [1.29, 1.82) is 0 Å². The number of pyridine rings is 1. The summed E-state index contributed by atoms with van der Waals surface area (Å²) in [6, 6.07) is 8.57. The van der Waals surface area contributed by atoms with E-state index in [0.29, 0.717) is 11.3 Å². The molecule has 1 aromatic carbocycles. The van der Waals surface area contributed by atoms with Crippen molar-refractivity contribution in [1.82, 2.24) is 14.8 Å². The normalized spacial score (nSPS) is 13.1. The zero-order chi connectivity index (χ0) is 22.4. The van der Waals surface area contributed by atoms with E-state index in [0.717, 1.165) is 0 Å². The quantitative estimate of drug-likeness (QED) is 0.608. The number of nitrogens with zero attached hydrogens (tertiary/aromatic N) is 2. The monoisotopic (exact) mass is 435 g/mol. The van der Waals surface area contributed by atoms with Gasteiger partial charge >= 0.3 is 0 Å². The molecular formula is C21H29N3O5S. The predicted octanol–water partition coefficient (Wildman–Crippen LogP) is 2.91. The van der Waals surface area contributed by atoms with E-state index in [4.69, 9.17) is 9.57 Å². The molecule has 9 heteroatoms. The third-order valence-electron chi connectivity index (χ3n) is 4.22. The van der Waals surface area contributed by atoms with Crippen LogP contribution in [0.15, 0.2) is 53.7 Å². The van der Waals surface area contributed by atoms with Crippen LogP contribution in [0.3, 0.4) is 0 Å². The molecule has 1 heterocycles. The Kier molecular flexibility index (Phi) is 7.94. The van der Waals surface area contributed by atoms with Crippen LogP contribution in [0.2, 0.25) is 0 Å². The van der Waals surface area contributed by atoms with Gasteiger partial charge in [-0.25, -0.2) is 13.9 Å². The van der Waals surface area contributed by atoms with E-state index < -0.39 is 27.6 Å². The van der Waals surface area contributed by atoms with Crippen LogP contribution in [0.25, 0.3) is 0 Å². The molecule has 0 saturated carbocycles. The standard InChI is InChI=1S/C21H29N3O5S/c1-6-19(20(25)23-29-21(2,3)4)24(15-16-8-7-13-22-14-16)30(26,27)18-11-9-17(28-5)10-12-18/h7-14,19H,6,15H2,1-5H3,(H,23,25)/t19-/m1/s1. The number of aromatic nitrogens is 1. The lowest BCUT2D eigenvalue weighted by Gasteiger charge is -2.30. The van der Waals surface area contributed by atoms with E-state index in [1.807, 2.05) is 0 Å². The van der Waals surface area contributed by atoms with Crippen LogP contribution in [-0.2, 0) is 26.2 Å². The zero-order valence-corrected chi connectivity index (χ0v) is 18.8. The fourth-order valence-electron chi connectivity index (χ4n) is 2.71. The molecule has 0 fully saturated rings. The molecule has 164 valence electrons. The number of hydrogen-bond acceptors (Lipinski definition) is 6. The van der Waals surface area contributed by atoms with Gasteiger partial charge in [0.15, 0.2) is 0 Å². The number of benzene rings is 1. The largest absolute Gasteiger partial charge is 0.497 e. The minimum Gasteiger partial charge on any atom is -0.497 e. The fourth-order valence-corrected chi connectivity index (χ4v) is 4.36. The first kappa shape index (κ1) is 23.8. The summed E-state index contributed by atoms with van der Waals surface area (Å²) in [6.07, 6.45) is 3.44. The Labute approximate surface area is 178 Å². The lowest BCUT2D eigenvalue weighted by molar-refractivity contribution is -0.149. The van der Waals surface area contributed by atoms with Crippen LogP contribution >= 0.6 is 0 Å². The minimum atomic E-state index is -4.00. The highest BCUT2D eigenvalue weighted by atomic mass is 32.2. The average Bonchev–Trinajstić information content (AvgIpc) is 2.72. The molecule has 2 rings (SSSR count). The van der Waals surface area contributed by atoms with Gasteiger partial charge in [0.1, 0.15) is 11.8 Å². The summed E-state index contributed by atoms with van der Waals surface area (Å²) in [4.78, 5) is 22.3. The molecule has 0 aliphatic rings. The highest BCUT2D eigenvalue weighted by Gasteiger charge is 2.35. The Hall–Kier alpha value is -2.49. The van der Waals surface area contributed by atoms with Crippen molar-refractivity contribution in [2.24, 2.45) is 0 Å². The van der Waals surface area contributed by atoms with Crippen molar-refractivity contribution in [3.8, 4) is 5.75 Å². The minimum absolute atomic E-state index is 0.0103. The first-order valence-corrected chi connectivity index (χ1v) is 11.0. The van der Waals surface area contributed by atoms with Crippen molar-refractivity contribution in [2.45, 2.75) is 57.2 Å². The first-order chi connectivity index (χ1) is 14.1. The second kappa shape index (κ2) is 10.0. The summed E-state index contributed by atoms with van der Waals surface area (Å²) in [6.45, 7) is 7.10. The van der Waals surface area contributed by atoms with E-state index in [2.05, 4.69) is 10.5 Å². The molecule has 1 aromatic heterocycles. The van der Waals surface area contributed by atoms with E-state index in [9.17, 15) is 13.2 Å². The smallest absolute Gasteiger partial charge is 0.262 e. The molecular weight excluding hydrogens is 406 g/mol. The van der Waals surface area contributed by atoms with Crippen molar-refractivity contribution >= 4 is 15.9 Å². The number of ether oxygens (including phenoxy) is 1. The summed E-state index contributed by atoms with van der Waals surface area (Å²) in [5.41, 5.74) is 2.45. The van der Waals surface area contributed by atoms with Crippen LogP contribution in [-0.4, -0.2) is 42.4 Å². The molecule has 8 nitrogen and oxygen atoms in total. The highest BCUT2D eigenvalue weighted by Crippen LogP contribution is 2.24. The number of methoxy groups -OCH3 is 1.